The third-order valence-electron chi connectivity index (χ3n) is 3.74. The minimum absolute atomic E-state index is 0.218. The molecule has 0 saturated heterocycles. The number of nitrogens with two attached hydrogens (primary N) is 1. The average molecular weight is 282 g/mol. The molecule has 0 heterocycles. The third-order valence-corrected chi connectivity index (χ3v) is 3.74. The Morgan fingerprint density at radius 3 is 2.90 bits per heavy atom. The Morgan fingerprint density at radius 2 is 2.25 bits per heavy atom. The Balaban J connectivity index is 2.02. The van der Waals surface area contributed by atoms with Crippen LogP contribution in [-0.2, 0) is 0 Å². The Bertz CT molecular complexity index is 454. The van der Waals surface area contributed by atoms with Gasteiger partial charge >= 0.3 is 0 Å². The number of aliphatic hydroxyl groups excluding tert-OH is 1. The molecule has 1 aliphatic carbocycles. The quantitative estimate of drug-likeness (QED) is 0.702. The average Bonchev–Trinajstić information content (AvgIpc) is 2.82. The summed E-state index contributed by atoms with van der Waals surface area (Å²) in [5.41, 5.74) is 6.84. The molecule has 0 bridgehead atoms. The predicted octanol–water partition coefficient (Wildman–Crippen LogP) is 2.77. The molecule has 20 heavy (non-hydrogen) atoms. The summed E-state index contributed by atoms with van der Waals surface area (Å²) in [6.45, 7) is 3.09. The molecule has 1 aliphatic rings. The second-order valence-electron chi connectivity index (χ2n) is 5.36. The highest BCUT2D eigenvalue weighted by Gasteiger charge is 2.25. The lowest BCUT2D eigenvalue weighted by molar-refractivity contribution is 0.138. The van der Waals surface area contributed by atoms with Crippen LogP contribution in [0.5, 0.6) is 5.75 Å². The van der Waals surface area contributed by atoms with E-state index in [-0.39, 0.29) is 17.8 Å². The minimum atomic E-state index is -0.442. The van der Waals surface area contributed by atoms with Gasteiger partial charge in [0.2, 0.25) is 0 Å². The van der Waals surface area contributed by atoms with Crippen LogP contribution in [0.3, 0.4) is 0 Å². The molecule has 1 aromatic carbocycles. The summed E-state index contributed by atoms with van der Waals surface area (Å²) in [5, 5.41) is 13.0. The molecule has 0 radical (unpaired) electrons. The lowest BCUT2D eigenvalue weighted by Crippen LogP contribution is -2.22. The molecule has 0 spiro atoms. The maximum absolute atomic E-state index is 13.7. The fourth-order valence-electron chi connectivity index (χ4n) is 2.54. The summed E-state index contributed by atoms with van der Waals surface area (Å²) in [5.74, 6) is 0.0115. The van der Waals surface area contributed by atoms with Gasteiger partial charge in [-0.2, -0.15) is 0 Å². The SMILES string of the molecule is CCCOc1cc(NCC2CCCC2O)c(N)cc1F. The van der Waals surface area contributed by atoms with E-state index in [0.29, 0.717) is 24.5 Å². The van der Waals surface area contributed by atoms with Crippen molar-refractivity contribution >= 4 is 11.4 Å². The first-order valence-corrected chi connectivity index (χ1v) is 7.25. The van der Waals surface area contributed by atoms with Gasteiger partial charge in [-0.05, 0) is 19.3 Å². The first kappa shape index (κ1) is 14.9. The number of rotatable bonds is 6. The molecule has 1 aromatic rings. The molecule has 1 fully saturated rings. The van der Waals surface area contributed by atoms with Crippen LogP contribution in [0.4, 0.5) is 15.8 Å². The van der Waals surface area contributed by atoms with Crippen LogP contribution >= 0.6 is 0 Å². The van der Waals surface area contributed by atoms with Crippen LogP contribution in [0, 0.1) is 11.7 Å². The molecule has 4 nitrogen and oxygen atoms in total. The summed E-state index contributed by atoms with van der Waals surface area (Å²) in [7, 11) is 0. The van der Waals surface area contributed by atoms with E-state index in [1.807, 2.05) is 6.92 Å². The number of halogens is 1. The molecule has 2 atom stereocenters. The normalized spacial score (nSPS) is 21.9. The van der Waals surface area contributed by atoms with Crippen molar-refractivity contribution in [2.24, 2.45) is 5.92 Å². The van der Waals surface area contributed by atoms with Crippen LogP contribution in [0.15, 0.2) is 12.1 Å². The smallest absolute Gasteiger partial charge is 0.167 e. The van der Waals surface area contributed by atoms with Gasteiger partial charge in [-0.15, -0.1) is 0 Å². The van der Waals surface area contributed by atoms with Gasteiger partial charge in [0.15, 0.2) is 11.6 Å². The van der Waals surface area contributed by atoms with E-state index in [1.165, 1.54) is 6.07 Å². The van der Waals surface area contributed by atoms with E-state index in [2.05, 4.69) is 5.32 Å². The van der Waals surface area contributed by atoms with E-state index in [1.54, 1.807) is 6.07 Å². The Labute approximate surface area is 119 Å². The second-order valence-corrected chi connectivity index (χ2v) is 5.36. The number of nitrogen functional groups attached to an aromatic ring is 1. The molecule has 112 valence electrons. The van der Waals surface area contributed by atoms with Gasteiger partial charge in [-0.25, -0.2) is 4.39 Å². The summed E-state index contributed by atoms with van der Waals surface area (Å²) in [6.07, 6.45) is 3.49. The standard InChI is InChI=1S/C15H23FN2O2/c1-2-6-20-15-8-13(12(17)7-11(15)16)18-9-10-4-3-5-14(10)19/h7-8,10,14,18-19H,2-6,9,17H2,1H3. The zero-order chi connectivity index (χ0) is 14.5. The molecule has 0 aliphatic heterocycles. The molecular formula is C15H23FN2O2. The topological polar surface area (TPSA) is 67.5 Å². The van der Waals surface area contributed by atoms with Gasteiger partial charge in [-0.3, -0.25) is 0 Å². The van der Waals surface area contributed by atoms with Crippen molar-refractivity contribution in [3.05, 3.63) is 17.9 Å². The van der Waals surface area contributed by atoms with Gasteiger partial charge in [0.25, 0.3) is 0 Å². The zero-order valence-corrected chi connectivity index (χ0v) is 11.9. The van der Waals surface area contributed by atoms with Crippen LogP contribution in [-0.4, -0.2) is 24.4 Å². The van der Waals surface area contributed by atoms with Crippen molar-refractivity contribution in [1.29, 1.82) is 0 Å². The Hall–Kier alpha value is -1.49. The Kier molecular flexibility index (Phi) is 5.06. The van der Waals surface area contributed by atoms with E-state index in [4.69, 9.17) is 10.5 Å². The lowest BCUT2D eigenvalue weighted by Gasteiger charge is -2.18. The molecule has 4 N–H and O–H groups in total. The van der Waals surface area contributed by atoms with Crippen molar-refractivity contribution in [3.8, 4) is 5.75 Å². The number of nitrogens with one attached hydrogen (secondary N) is 1. The highest BCUT2D eigenvalue weighted by atomic mass is 19.1. The van der Waals surface area contributed by atoms with Gasteiger partial charge in [0, 0.05) is 24.6 Å². The summed E-state index contributed by atoms with van der Waals surface area (Å²) < 4.78 is 19.0. The van der Waals surface area contributed by atoms with Crippen molar-refractivity contribution < 1.29 is 14.2 Å². The number of benzene rings is 1. The summed E-state index contributed by atoms with van der Waals surface area (Å²) >= 11 is 0. The third kappa shape index (κ3) is 3.54. The van der Waals surface area contributed by atoms with Crippen molar-refractivity contribution in [2.75, 3.05) is 24.2 Å². The number of hydrogen-bond acceptors (Lipinski definition) is 4. The predicted molar refractivity (Wildman–Crippen MR) is 78.4 cm³/mol. The first-order valence-electron chi connectivity index (χ1n) is 7.25. The van der Waals surface area contributed by atoms with Crippen molar-refractivity contribution in [1.82, 2.24) is 0 Å². The lowest BCUT2D eigenvalue weighted by atomic mass is 10.1. The monoisotopic (exact) mass is 282 g/mol. The second kappa shape index (κ2) is 6.79. The molecule has 2 unspecified atom stereocenters. The van der Waals surface area contributed by atoms with E-state index in [9.17, 15) is 9.50 Å². The Morgan fingerprint density at radius 1 is 1.45 bits per heavy atom. The summed E-state index contributed by atoms with van der Waals surface area (Å²) in [4.78, 5) is 0. The van der Waals surface area contributed by atoms with Crippen molar-refractivity contribution in [3.63, 3.8) is 0 Å². The van der Waals surface area contributed by atoms with E-state index < -0.39 is 5.82 Å². The molecule has 1 saturated carbocycles. The number of anilines is 2. The number of hydrogen-bond donors (Lipinski definition) is 3. The highest BCUT2D eigenvalue weighted by Crippen LogP contribution is 2.30. The molecule has 5 heteroatoms. The van der Waals surface area contributed by atoms with Gasteiger partial charge < -0.3 is 20.9 Å². The van der Waals surface area contributed by atoms with Gasteiger partial charge in [-0.1, -0.05) is 13.3 Å². The van der Waals surface area contributed by atoms with Crippen LogP contribution in [0.2, 0.25) is 0 Å². The molecule has 2 rings (SSSR count). The van der Waals surface area contributed by atoms with Crippen LogP contribution < -0.4 is 15.8 Å². The minimum Gasteiger partial charge on any atom is -0.490 e. The van der Waals surface area contributed by atoms with Gasteiger partial charge in [0.05, 0.1) is 24.1 Å². The number of aliphatic hydroxyl groups is 1. The zero-order valence-electron chi connectivity index (χ0n) is 11.9. The van der Waals surface area contributed by atoms with Crippen LogP contribution in [0.25, 0.3) is 0 Å². The molecular weight excluding hydrogens is 259 g/mol. The maximum atomic E-state index is 13.7. The largest absolute Gasteiger partial charge is 0.490 e. The molecule has 0 aromatic heterocycles. The fraction of sp³-hybridized carbons (Fsp3) is 0.600. The van der Waals surface area contributed by atoms with E-state index in [0.717, 1.165) is 25.7 Å². The fourth-order valence-corrected chi connectivity index (χ4v) is 2.54. The van der Waals surface area contributed by atoms with Gasteiger partial charge in [0.1, 0.15) is 0 Å². The van der Waals surface area contributed by atoms with Crippen LogP contribution in [0.1, 0.15) is 32.6 Å². The maximum Gasteiger partial charge on any atom is 0.167 e. The molecule has 0 amide bonds. The van der Waals surface area contributed by atoms with E-state index >= 15 is 0 Å². The van der Waals surface area contributed by atoms with Crippen molar-refractivity contribution in [2.45, 2.75) is 38.7 Å². The highest BCUT2D eigenvalue weighted by molar-refractivity contribution is 5.68. The summed E-state index contributed by atoms with van der Waals surface area (Å²) in [6, 6.07) is 2.88. The first-order chi connectivity index (χ1) is 9.61. The number of ether oxygens (including phenoxy) is 1.